The van der Waals surface area contributed by atoms with Crippen molar-refractivity contribution >= 4 is 63.9 Å². The number of anilines is 5. The SMILES string of the molecule is COc1cc2c(cc1Nc1nc(Nc3ccccc3P(C)(C)=O)c3c(Cl)c[nH]c3n1)OC[C@@H]1C[C@@H](N3CCOCC3)CCN21. The first-order valence-electron chi connectivity index (χ1n) is 14.9. The molecule has 0 aliphatic carbocycles. The van der Waals surface area contributed by atoms with Crippen molar-refractivity contribution in [1.82, 2.24) is 19.9 Å². The summed E-state index contributed by atoms with van der Waals surface area (Å²) in [5.74, 6) is 2.29. The zero-order chi connectivity index (χ0) is 30.4. The fourth-order valence-corrected chi connectivity index (χ4v) is 7.95. The van der Waals surface area contributed by atoms with Gasteiger partial charge in [-0.1, -0.05) is 23.7 Å². The van der Waals surface area contributed by atoms with E-state index in [1.54, 1.807) is 26.6 Å². The molecule has 5 heterocycles. The first-order valence-corrected chi connectivity index (χ1v) is 17.9. The molecule has 2 aromatic heterocycles. The van der Waals surface area contributed by atoms with Crippen molar-refractivity contribution < 1.29 is 18.8 Å². The van der Waals surface area contributed by atoms with Crippen LogP contribution in [0.15, 0.2) is 42.6 Å². The summed E-state index contributed by atoms with van der Waals surface area (Å²) >= 11 is 6.55. The van der Waals surface area contributed by atoms with E-state index in [0.717, 1.165) is 62.4 Å². The van der Waals surface area contributed by atoms with Gasteiger partial charge in [0.1, 0.15) is 36.7 Å². The number of methoxy groups -OCH3 is 1. The fraction of sp³-hybridized carbons (Fsp3) is 0.419. The Kier molecular flexibility index (Phi) is 7.82. The number of hydrogen-bond donors (Lipinski definition) is 3. The fourth-order valence-electron chi connectivity index (χ4n) is 6.56. The zero-order valence-corrected chi connectivity index (χ0v) is 26.8. The normalized spacial score (nSPS) is 20.5. The Morgan fingerprint density at radius 2 is 1.89 bits per heavy atom. The lowest BCUT2D eigenvalue weighted by molar-refractivity contribution is 0.00628. The van der Waals surface area contributed by atoms with Crippen LogP contribution < -0.4 is 30.3 Å². The Morgan fingerprint density at radius 1 is 1.07 bits per heavy atom. The van der Waals surface area contributed by atoms with Crippen LogP contribution in [0, 0.1) is 0 Å². The summed E-state index contributed by atoms with van der Waals surface area (Å²) in [6.07, 6.45) is 3.85. The highest BCUT2D eigenvalue weighted by molar-refractivity contribution is 7.70. The third kappa shape index (κ3) is 5.58. The molecule has 0 radical (unpaired) electrons. The molecule has 2 fully saturated rings. The predicted molar refractivity (Wildman–Crippen MR) is 176 cm³/mol. The standard InChI is InChI=1S/C31H37ClN7O4P/c1-41-25-16-24-26(43-18-20-14-19(8-9-39(20)24)38-10-12-42-13-11-38)15-23(25)35-31-36-29-28(21(32)17-33-29)30(37-31)34-22-6-4-5-7-27(22)44(2,3)40/h4-7,15-17,19-20H,8-14,18H2,1-3H3,(H3,33,34,35,36,37)/t19-,20-/m0/s1. The van der Waals surface area contributed by atoms with Gasteiger partial charge in [-0.2, -0.15) is 9.97 Å². The largest absolute Gasteiger partial charge is 0.494 e. The molecule has 3 N–H and O–H groups in total. The summed E-state index contributed by atoms with van der Waals surface area (Å²) in [4.78, 5) is 17.7. The van der Waals surface area contributed by atoms with E-state index in [4.69, 9.17) is 35.8 Å². The van der Waals surface area contributed by atoms with Crippen LogP contribution in [0.2, 0.25) is 5.02 Å². The van der Waals surface area contributed by atoms with E-state index >= 15 is 0 Å². The highest BCUT2D eigenvalue weighted by Crippen LogP contribution is 2.45. The highest BCUT2D eigenvalue weighted by atomic mass is 35.5. The Hall–Kier alpha value is -3.50. The van der Waals surface area contributed by atoms with Crippen molar-refractivity contribution in [2.24, 2.45) is 0 Å². The first-order chi connectivity index (χ1) is 21.3. The molecule has 0 saturated carbocycles. The van der Waals surface area contributed by atoms with E-state index in [1.807, 2.05) is 36.4 Å². The van der Waals surface area contributed by atoms with Crippen LogP contribution in [-0.4, -0.2) is 91.8 Å². The summed E-state index contributed by atoms with van der Waals surface area (Å²) in [6, 6.07) is 12.4. The summed E-state index contributed by atoms with van der Waals surface area (Å²) in [5.41, 5.74) is 2.99. The van der Waals surface area contributed by atoms with Crippen LogP contribution in [0.4, 0.5) is 28.8 Å². The quantitative estimate of drug-likeness (QED) is 0.227. The predicted octanol–water partition coefficient (Wildman–Crippen LogP) is 5.42. The number of hydrogen-bond acceptors (Lipinski definition) is 10. The lowest BCUT2D eigenvalue weighted by atomic mass is 9.94. The average molecular weight is 638 g/mol. The van der Waals surface area contributed by atoms with Gasteiger partial charge in [0.05, 0.1) is 53.8 Å². The molecule has 0 bridgehead atoms. The Bertz CT molecular complexity index is 1740. The molecule has 13 heteroatoms. The molecule has 3 aliphatic rings. The molecule has 44 heavy (non-hydrogen) atoms. The van der Waals surface area contributed by atoms with Crippen molar-refractivity contribution in [2.45, 2.75) is 24.9 Å². The molecule has 11 nitrogen and oxygen atoms in total. The summed E-state index contributed by atoms with van der Waals surface area (Å²) in [6.45, 7) is 8.73. The molecule has 3 aliphatic heterocycles. The van der Waals surface area contributed by atoms with Crippen molar-refractivity contribution in [3.63, 3.8) is 0 Å². The maximum atomic E-state index is 13.0. The maximum Gasteiger partial charge on any atom is 0.231 e. The van der Waals surface area contributed by atoms with Gasteiger partial charge in [0.15, 0.2) is 0 Å². The Labute approximate surface area is 261 Å². The average Bonchev–Trinajstić information content (AvgIpc) is 3.41. The van der Waals surface area contributed by atoms with Gasteiger partial charge in [-0.05, 0) is 38.3 Å². The van der Waals surface area contributed by atoms with Gasteiger partial charge in [0.2, 0.25) is 5.95 Å². The lowest BCUT2D eigenvalue weighted by Gasteiger charge is -2.47. The number of H-pyrrole nitrogens is 1. The topological polar surface area (TPSA) is 117 Å². The molecular formula is C31H37ClN7O4P. The van der Waals surface area contributed by atoms with Gasteiger partial charge in [-0.25, -0.2) is 0 Å². The van der Waals surface area contributed by atoms with Crippen molar-refractivity contribution in [3.8, 4) is 11.5 Å². The van der Waals surface area contributed by atoms with E-state index < -0.39 is 7.14 Å². The Balaban J connectivity index is 1.17. The number of halogens is 1. The summed E-state index contributed by atoms with van der Waals surface area (Å²) in [5, 5.41) is 8.57. The molecule has 0 amide bonds. The molecule has 0 spiro atoms. The molecular weight excluding hydrogens is 601 g/mol. The molecule has 232 valence electrons. The number of morpholine rings is 1. The number of para-hydroxylation sites is 1. The second-order valence-corrected chi connectivity index (χ2v) is 15.5. The number of fused-ring (bicyclic) bond motifs is 4. The smallest absolute Gasteiger partial charge is 0.231 e. The summed E-state index contributed by atoms with van der Waals surface area (Å²) in [7, 11) is -0.907. The molecule has 2 atom stereocenters. The van der Waals surface area contributed by atoms with Crippen LogP contribution in [0.1, 0.15) is 12.8 Å². The van der Waals surface area contributed by atoms with Gasteiger partial charge in [-0.3, -0.25) is 4.90 Å². The molecule has 2 aromatic carbocycles. The van der Waals surface area contributed by atoms with E-state index in [0.29, 0.717) is 63.6 Å². The van der Waals surface area contributed by atoms with Crippen LogP contribution in [0.3, 0.4) is 0 Å². The van der Waals surface area contributed by atoms with Crippen molar-refractivity contribution in [1.29, 1.82) is 0 Å². The summed E-state index contributed by atoms with van der Waals surface area (Å²) < 4.78 is 30.8. The van der Waals surface area contributed by atoms with Gasteiger partial charge in [0, 0.05) is 49.3 Å². The number of nitrogens with one attached hydrogen (secondary N) is 3. The zero-order valence-electron chi connectivity index (χ0n) is 25.1. The number of rotatable bonds is 7. The number of aromatic nitrogens is 3. The van der Waals surface area contributed by atoms with E-state index in [1.165, 1.54) is 0 Å². The van der Waals surface area contributed by atoms with Crippen LogP contribution in [-0.2, 0) is 9.30 Å². The Morgan fingerprint density at radius 3 is 2.68 bits per heavy atom. The third-order valence-electron chi connectivity index (χ3n) is 8.74. The number of benzene rings is 2. The van der Waals surface area contributed by atoms with Crippen LogP contribution in [0.25, 0.3) is 11.0 Å². The minimum atomic E-state index is -2.56. The number of aromatic amines is 1. The molecule has 7 rings (SSSR count). The van der Waals surface area contributed by atoms with E-state index in [9.17, 15) is 4.57 Å². The minimum Gasteiger partial charge on any atom is -0.494 e. The van der Waals surface area contributed by atoms with Crippen LogP contribution >= 0.6 is 18.7 Å². The van der Waals surface area contributed by atoms with Gasteiger partial charge in [0.25, 0.3) is 0 Å². The maximum absolute atomic E-state index is 13.0. The second kappa shape index (κ2) is 11.8. The van der Waals surface area contributed by atoms with Gasteiger partial charge < -0.3 is 39.3 Å². The molecule has 0 unspecified atom stereocenters. The minimum absolute atomic E-state index is 0.314. The van der Waals surface area contributed by atoms with Gasteiger partial charge in [-0.15, -0.1) is 0 Å². The monoisotopic (exact) mass is 637 g/mol. The number of ether oxygens (including phenoxy) is 3. The van der Waals surface area contributed by atoms with Gasteiger partial charge >= 0.3 is 0 Å². The second-order valence-electron chi connectivity index (χ2n) is 11.9. The number of piperidine rings is 1. The van der Waals surface area contributed by atoms with Crippen molar-refractivity contribution in [2.75, 3.05) is 75.4 Å². The first kappa shape index (κ1) is 29.2. The molecule has 4 aromatic rings. The van der Waals surface area contributed by atoms with Crippen LogP contribution in [0.5, 0.6) is 11.5 Å². The highest BCUT2D eigenvalue weighted by Gasteiger charge is 2.37. The third-order valence-corrected chi connectivity index (χ3v) is 10.6. The lowest BCUT2D eigenvalue weighted by Crippen LogP contribution is -2.55. The van der Waals surface area contributed by atoms with E-state index in [2.05, 4.69) is 25.4 Å². The van der Waals surface area contributed by atoms with E-state index in [-0.39, 0.29) is 0 Å². The van der Waals surface area contributed by atoms with Crippen molar-refractivity contribution in [3.05, 3.63) is 47.6 Å². The molecule has 2 saturated heterocycles. The number of nitrogens with zero attached hydrogens (tertiary/aromatic N) is 4.